The highest BCUT2D eigenvalue weighted by molar-refractivity contribution is 5.96. The molecule has 6 heteroatoms. The van der Waals surface area contributed by atoms with Crippen LogP contribution >= 0.6 is 0 Å². The van der Waals surface area contributed by atoms with Gasteiger partial charge in [-0.25, -0.2) is 0 Å². The SMILES string of the molecule is NCc1cnc2ccccc2c1N1CCOCC1C(N)=O. The van der Waals surface area contributed by atoms with Gasteiger partial charge in [0.05, 0.1) is 24.4 Å². The molecule has 110 valence electrons. The van der Waals surface area contributed by atoms with Gasteiger partial charge in [0.25, 0.3) is 0 Å². The second-order valence-electron chi connectivity index (χ2n) is 5.04. The van der Waals surface area contributed by atoms with Gasteiger partial charge in [0.2, 0.25) is 5.91 Å². The lowest BCUT2D eigenvalue weighted by atomic mass is 10.1. The third-order valence-corrected chi connectivity index (χ3v) is 3.79. The van der Waals surface area contributed by atoms with Crippen LogP contribution in [-0.4, -0.2) is 36.7 Å². The largest absolute Gasteiger partial charge is 0.377 e. The van der Waals surface area contributed by atoms with Gasteiger partial charge in [0, 0.05) is 30.2 Å². The zero-order valence-electron chi connectivity index (χ0n) is 11.7. The fourth-order valence-electron chi connectivity index (χ4n) is 2.76. The summed E-state index contributed by atoms with van der Waals surface area (Å²) in [5.41, 5.74) is 14.1. The van der Waals surface area contributed by atoms with Gasteiger partial charge >= 0.3 is 0 Å². The average molecular weight is 286 g/mol. The van der Waals surface area contributed by atoms with Crippen molar-refractivity contribution in [3.63, 3.8) is 0 Å². The molecular weight excluding hydrogens is 268 g/mol. The predicted molar refractivity (Wildman–Crippen MR) is 80.8 cm³/mol. The Morgan fingerprint density at radius 3 is 3.00 bits per heavy atom. The standard InChI is InChI=1S/C15H18N4O2/c16-7-10-8-18-12-4-2-1-3-11(12)14(10)19-5-6-21-9-13(19)15(17)20/h1-4,8,13H,5-7,9,16H2,(H2,17,20). The van der Waals surface area contributed by atoms with E-state index >= 15 is 0 Å². The summed E-state index contributed by atoms with van der Waals surface area (Å²) < 4.78 is 5.39. The lowest BCUT2D eigenvalue weighted by molar-refractivity contribution is -0.121. The van der Waals surface area contributed by atoms with E-state index in [2.05, 4.69) is 4.98 Å². The summed E-state index contributed by atoms with van der Waals surface area (Å²) in [6.45, 7) is 1.82. The summed E-state index contributed by atoms with van der Waals surface area (Å²) in [5, 5.41) is 0.980. The number of benzene rings is 1. The first-order chi connectivity index (χ1) is 10.2. The third kappa shape index (κ3) is 2.43. The van der Waals surface area contributed by atoms with Gasteiger partial charge in [-0.15, -0.1) is 0 Å². The monoisotopic (exact) mass is 286 g/mol. The number of anilines is 1. The van der Waals surface area contributed by atoms with Crippen molar-refractivity contribution in [2.24, 2.45) is 11.5 Å². The minimum Gasteiger partial charge on any atom is -0.377 e. The lowest BCUT2D eigenvalue weighted by Gasteiger charge is -2.37. The van der Waals surface area contributed by atoms with Crippen molar-refractivity contribution < 1.29 is 9.53 Å². The smallest absolute Gasteiger partial charge is 0.242 e. The number of rotatable bonds is 3. The Hall–Kier alpha value is -2.18. The number of carbonyl (C=O) groups excluding carboxylic acids is 1. The molecule has 1 aliphatic rings. The topological polar surface area (TPSA) is 94.5 Å². The van der Waals surface area contributed by atoms with Crippen LogP contribution in [0.4, 0.5) is 5.69 Å². The van der Waals surface area contributed by atoms with Gasteiger partial charge in [0.1, 0.15) is 6.04 Å². The van der Waals surface area contributed by atoms with Crippen LogP contribution in [0.25, 0.3) is 10.9 Å². The Balaban J connectivity index is 2.19. The van der Waals surface area contributed by atoms with Crippen molar-refractivity contribution in [2.45, 2.75) is 12.6 Å². The van der Waals surface area contributed by atoms with Crippen molar-refractivity contribution in [1.82, 2.24) is 4.98 Å². The highest BCUT2D eigenvalue weighted by atomic mass is 16.5. The molecule has 21 heavy (non-hydrogen) atoms. The molecule has 1 aliphatic heterocycles. The first kappa shape index (κ1) is 13.8. The fraction of sp³-hybridized carbons (Fsp3) is 0.333. The van der Waals surface area contributed by atoms with Crippen LogP contribution < -0.4 is 16.4 Å². The van der Waals surface area contributed by atoms with Gasteiger partial charge in [-0.3, -0.25) is 9.78 Å². The molecule has 0 radical (unpaired) electrons. The highest BCUT2D eigenvalue weighted by Gasteiger charge is 2.30. The number of nitrogens with two attached hydrogens (primary N) is 2. The normalized spacial score (nSPS) is 18.9. The second kappa shape index (κ2) is 5.67. The van der Waals surface area contributed by atoms with Crippen molar-refractivity contribution in [2.75, 3.05) is 24.7 Å². The van der Waals surface area contributed by atoms with E-state index in [9.17, 15) is 4.79 Å². The highest BCUT2D eigenvalue weighted by Crippen LogP contribution is 2.31. The molecule has 2 aromatic rings. The van der Waals surface area contributed by atoms with Crippen molar-refractivity contribution >= 4 is 22.5 Å². The number of aromatic nitrogens is 1. The van der Waals surface area contributed by atoms with Gasteiger partial charge in [-0.05, 0) is 6.07 Å². The van der Waals surface area contributed by atoms with Crippen LogP contribution in [0.5, 0.6) is 0 Å². The number of hydrogen-bond acceptors (Lipinski definition) is 5. The molecule has 0 saturated carbocycles. The lowest BCUT2D eigenvalue weighted by Crippen LogP contribution is -2.53. The molecule has 3 rings (SSSR count). The average Bonchev–Trinajstić information content (AvgIpc) is 2.53. The second-order valence-corrected chi connectivity index (χ2v) is 5.04. The van der Waals surface area contributed by atoms with E-state index in [0.717, 1.165) is 22.2 Å². The maximum absolute atomic E-state index is 11.7. The van der Waals surface area contributed by atoms with E-state index < -0.39 is 11.9 Å². The number of carbonyl (C=O) groups is 1. The van der Waals surface area contributed by atoms with Crippen LogP contribution in [0.2, 0.25) is 0 Å². The molecule has 1 aromatic heterocycles. The maximum atomic E-state index is 11.7. The van der Waals surface area contributed by atoms with E-state index in [4.69, 9.17) is 16.2 Å². The zero-order chi connectivity index (χ0) is 14.8. The molecule has 2 heterocycles. The summed E-state index contributed by atoms with van der Waals surface area (Å²) in [6, 6.07) is 7.35. The Kier molecular flexibility index (Phi) is 3.72. The minimum atomic E-state index is -0.477. The predicted octanol–water partition coefficient (Wildman–Crippen LogP) is 0.384. The number of ether oxygens (including phenoxy) is 1. The van der Waals surface area contributed by atoms with E-state index in [-0.39, 0.29) is 0 Å². The number of primary amides is 1. The van der Waals surface area contributed by atoms with Gasteiger partial charge in [0.15, 0.2) is 0 Å². The van der Waals surface area contributed by atoms with Crippen LogP contribution in [0, 0.1) is 0 Å². The van der Waals surface area contributed by atoms with Crippen LogP contribution in [-0.2, 0) is 16.1 Å². The first-order valence-electron chi connectivity index (χ1n) is 6.92. The number of pyridine rings is 1. The summed E-state index contributed by atoms with van der Waals surface area (Å²) in [6.07, 6.45) is 1.77. The summed E-state index contributed by atoms with van der Waals surface area (Å²) in [5.74, 6) is -0.390. The molecular formula is C15H18N4O2. The number of hydrogen-bond donors (Lipinski definition) is 2. The molecule has 1 aromatic carbocycles. The molecule has 0 spiro atoms. The van der Waals surface area contributed by atoms with Gasteiger partial charge in [-0.2, -0.15) is 0 Å². The number of nitrogens with zero attached hydrogens (tertiary/aromatic N) is 2. The number of fused-ring (bicyclic) bond motifs is 1. The van der Waals surface area contributed by atoms with E-state index in [0.29, 0.717) is 26.3 Å². The molecule has 6 nitrogen and oxygen atoms in total. The Morgan fingerprint density at radius 1 is 1.43 bits per heavy atom. The van der Waals surface area contributed by atoms with E-state index in [1.54, 1.807) is 6.20 Å². The molecule has 1 saturated heterocycles. The Labute approximate surface area is 122 Å². The Bertz CT molecular complexity index is 674. The third-order valence-electron chi connectivity index (χ3n) is 3.79. The molecule has 1 unspecified atom stereocenters. The summed E-state index contributed by atoms with van der Waals surface area (Å²) in [4.78, 5) is 18.1. The fourth-order valence-corrected chi connectivity index (χ4v) is 2.76. The summed E-state index contributed by atoms with van der Waals surface area (Å²) >= 11 is 0. The van der Waals surface area contributed by atoms with Gasteiger partial charge in [-0.1, -0.05) is 18.2 Å². The van der Waals surface area contributed by atoms with Gasteiger partial charge < -0.3 is 21.1 Å². The molecule has 0 aliphatic carbocycles. The van der Waals surface area contributed by atoms with E-state index in [1.165, 1.54) is 0 Å². The zero-order valence-corrected chi connectivity index (χ0v) is 11.7. The molecule has 1 amide bonds. The van der Waals surface area contributed by atoms with Crippen molar-refractivity contribution in [3.8, 4) is 0 Å². The summed E-state index contributed by atoms with van der Waals surface area (Å²) in [7, 11) is 0. The van der Waals surface area contributed by atoms with Crippen molar-refractivity contribution in [1.29, 1.82) is 0 Å². The number of amides is 1. The van der Waals surface area contributed by atoms with Crippen LogP contribution in [0.15, 0.2) is 30.5 Å². The first-order valence-corrected chi connectivity index (χ1v) is 6.92. The molecule has 1 atom stereocenters. The number of para-hydroxylation sites is 1. The van der Waals surface area contributed by atoms with E-state index in [1.807, 2.05) is 29.2 Å². The van der Waals surface area contributed by atoms with Crippen LogP contribution in [0.1, 0.15) is 5.56 Å². The van der Waals surface area contributed by atoms with Crippen molar-refractivity contribution in [3.05, 3.63) is 36.0 Å². The molecule has 4 N–H and O–H groups in total. The van der Waals surface area contributed by atoms with Crippen LogP contribution in [0.3, 0.4) is 0 Å². The Morgan fingerprint density at radius 2 is 2.24 bits per heavy atom. The quantitative estimate of drug-likeness (QED) is 0.851. The molecule has 1 fully saturated rings. The maximum Gasteiger partial charge on any atom is 0.242 e. The molecule has 0 bridgehead atoms. The number of morpholine rings is 1. The minimum absolute atomic E-state index is 0.302.